The van der Waals surface area contributed by atoms with Crippen molar-refractivity contribution in [1.82, 2.24) is 4.57 Å². The molecule has 3 aromatic rings. The van der Waals surface area contributed by atoms with Gasteiger partial charge in [0.25, 0.3) is 0 Å². The largest absolute Gasteiger partial charge is 0.458 e. The van der Waals surface area contributed by atoms with Crippen LogP contribution in [-0.4, -0.2) is 12.4 Å². The van der Waals surface area contributed by atoms with Gasteiger partial charge in [0.1, 0.15) is 24.5 Å². The summed E-state index contributed by atoms with van der Waals surface area (Å²) in [5.74, 6) is 0. The standard InChI is InChI=1S/C27H36BN2/c1-19-13-9-11-15-21(19)23(26(3,4)5)29-17-18-30(25(29)28)24(27(6,7)8)22-16-12-10-14-20(22)2/h9-18,23-24H,1-8H3/t23-,24-/m1/s1. The minimum Gasteiger partial charge on any atom is -0.458 e. The van der Waals surface area contributed by atoms with Crippen LogP contribution in [0.15, 0.2) is 60.9 Å². The second-order valence-electron chi connectivity index (χ2n) is 10.7. The number of aryl methyl sites for hydroxylation is 2. The van der Waals surface area contributed by atoms with Crippen LogP contribution >= 0.6 is 0 Å². The van der Waals surface area contributed by atoms with Gasteiger partial charge in [-0.3, -0.25) is 9.13 Å². The minimum absolute atomic E-state index is 0.0109. The van der Waals surface area contributed by atoms with Crippen LogP contribution in [0.3, 0.4) is 0 Å². The Morgan fingerprint density at radius 2 is 1.27 bits per heavy atom. The van der Waals surface area contributed by atoms with Crippen molar-refractivity contribution < 1.29 is 4.57 Å². The fraction of sp³-hybridized carbons (Fsp3) is 0.444. The maximum Gasteiger partial charge on any atom is 0.127 e. The van der Waals surface area contributed by atoms with Crippen molar-refractivity contribution in [2.45, 2.75) is 67.5 Å². The van der Waals surface area contributed by atoms with Crippen LogP contribution in [0.4, 0.5) is 0 Å². The first-order valence-electron chi connectivity index (χ1n) is 10.9. The third-order valence-electron chi connectivity index (χ3n) is 6.08. The van der Waals surface area contributed by atoms with E-state index in [9.17, 15) is 0 Å². The van der Waals surface area contributed by atoms with Crippen LogP contribution < -0.4 is 10.3 Å². The second-order valence-corrected chi connectivity index (χ2v) is 10.7. The highest BCUT2D eigenvalue weighted by Crippen LogP contribution is 2.38. The summed E-state index contributed by atoms with van der Waals surface area (Å²) in [6.45, 7) is 18.1. The van der Waals surface area contributed by atoms with Gasteiger partial charge < -0.3 is 7.85 Å². The zero-order valence-corrected chi connectivity index (χ0v) is 19.9. The Morgan fingerprint density at radius 3 is 1.73 bits per heavy atom. The van der Waals surface area contributed by atoms with Gasteiger partial charge >= 0.3 is 0 Å². The molecule has 2 atom stereocenters. The van der Waals surface area contributed by atoms with E-state index in [1.165, 1.54) is 22.3 Å². The van der Waals surface area contributed by atoms with E-state index in [1.54, 1.807) is 0 Å². The molecule has 0 bridgehead atoms. The molecule has 157 valence electrons. The van der Waals surface area contributed by atoms with Crippen LogP contribution in [0.5, 0.6) is 0 Å². The highest BCUT2D eigenvalue weighted by Gasteiger charge is 2.36. The van der Waals surface area contributed by atoms with Gasteiger partial charge in [0.05, 0.1) is 0 Å². The molecule has 0 saturated heterocycles. The fourth-order valence-electron chi connectivity index (χ4n) is 4.72. The fourth-order valence-corrected chi connectivity index (χ4v) is 4.72. The molecule has 3 rings (SSSR count). The zero-order valence-electron chi connectivity index (χ0n) is 19.9. The molecule has 0 saturated carbocycles. The predicted molar refractivity (Wildman–Crippen MR) is 128 cm³/mol. The first kappa shape index (κ1) is 22.4. The summed E-state index contributed by atoms with van der Waals surface area (Å²) in [7, 11) is 6.90. The molecule has 1 aromatic heterocycles. The second kappa shape index (κ2) is 8.09. The number of nitrogens with zero attached hydrogens (tertiary/aromatic N) is 2. The number of hydrogen-bond acceptors (Lipinski definition) is 0. The molecule has 0 amide bonds. The molecular weight excluding hydrogens is 363 g/mol. The number of hydrogen-bond donors (Lipinski definition) is 0. The minimum atomic E-state index is 0.0109. The molecule has 2 nitrogen and oxygen atoms in total. The summed E-state index contributed by atoms with van der Waals surface area (Å²) in [6.07, 6.45) is 4.32. The molecule has 0 N–H and O–H groups in total. The monoisotopic (exact) mass is 399 g/mol. The van der Waals surface area contributed by atoms with E-state index in [2.05, 4.69) is 125 Å². The first-order chi connectivity index (χ1) is 13.9. The maximum absolute atomic E-state index is 6.90. The Morgan fingerprint density at radius 1 is 0.767 bits per heavy atom. The average molecular weight is 399 g/mol. The molecule has 0 aliphatic carbocycles. The maximum atomic E-state index is 6.90. The van der Waals surface area contributed by atoms with Crippen molar-refractivity contribution in [2.75, 3.05) is 0 Å². The molecule has 0 aliphatic rings. The molecule has 3 radical (unpaired) electrons. The molecule has 0 spiro atoms. The molecule has 0 aliphatic heterocycles. The van der Waals surface area contributed by atoms with E-state index in [0.717, 1.165) is 5.72 Å². The SMILES string of the molecule is [B-]c1n([C@H](c2ccccc2C)C(C)(C)C)cc[n+]1[C@H](c1ccccc1C)C(C)(C)C. The van der Waals surface area contributed by atoms with Crippen LogP contribution in [0.25, 0.3) is 0 Å². The van der Waals surface area contributed by atoms with E-state index in [1.807, 2.05) is 0 Å². The lowest BCUT2D eigenvalue weighted by Crippen LogP contribution is -2.58. The lowest BCUT2D eigenvalue weighted by molar-refractivity contribution is -0.709. The Kier molecular flexibility index (Phi) is 6.04. The van der Waals surface area contributed by atoms with Crippen molar-refractivity contribution in [1.29, 1.82) is 0 Å². The zero-order chi connectivity index (χ0) is 22.3. The van der Waals surface area contributed by atoms with Crippen LogP contribution in [0, 0.1) is 24.7 Å². The van der Waals surface area contributed by atoms with E-state index in [4.69, 9.17) is 7.85 Å². The number of aromatic nitrogens is 2. The molecule has 0 fully saturated rings. The van der Waals surface area contributed by atoms with Crippen LogP contribution in [-0.2, 0) is 0 Å². The van der Waals surface area contributed by atoms with Gasteiger partial charge in [-0.05, 0) is 41.8 Å². The highest BCUT2D eigenvalue weighted by molar-refractivity contribution is 6.28. The van der Waals surface area contributed by atoms with E-state index >= 15 is 0 Å². The van der Waals surface area contributed by atoms with Crippen LogP contribution in [0.2, 0.25) is 0 Å². The van der Waals surface area contributed by atoms with E-state index < -0.39 is 0 Å². The van der Waals surface area contributed by atoms with Crippen LogP contribution in [0.1, 0.15) is 75.9 Å². The van der Waals surface area contributed by atoms with Gasteiger partial charge in [-0.2, -0.15) is 0 Å². The Hall–Kier alpha value is -2.29. The Labute approximate surface area is 184 Å². The van der Waals surface area contributed by atoms with Crippen molar-refractivity contribution in [3.05, 3.63) is 83.2 Å². The number of imidazole rings is 1. The summed E-state index contributed by atoms with van der Waals surface area (Å²) >= 11 is 0. The smallest absolute Gasteiger partial charge is 0.127 e. The van der Waals surface area contributed by atoms with Crippen molar-refractivity contribution in [3.8, 4) is 0 Å². The van der Waals surface area contributed by atoms with Gasteiger partial charge in [-0.25, -0.2) is 0 Å². The Balaban J connectivity index is 2.20. The quantitative estimate of drug-likeness (QED) is 0.407. The highest BCUT2D eigenvalue weighted by atomic mass is 15.2. The molecule has 1 heterocycles. The van der Waals surface area contributed by atoms with E-state index in [-0.39, 0.29) is 22.9 Å². The third kappa shape index (κ3) is 4.26. The first-order valence-corrected chi connectivity index (χ1v) is 10.9. The summed E-state index contributed by atoms with van der Waals surface area (Å²) in [4.78, 5) is 0. The summed E-state index contributed by atoms with van der Waals surface area (Å²) in [5, 5.41) is 0. The van der Waals surface area contributed by atoms with Crippen molar-refractivity contribution in [3.63, 3.8) is 0 Å². The summed E-state index contributed by atoms with van der Waals surface area (Å²) in [5.41, 5.74) is 6.05. The van der Waals surface area contributed by atoms with Crippen molar-refractivity contribution in [2.24, 2.45) is 10.8 Å². The van der Waals surface area contributed by atoms with Gasteiger partial charge in [-0.15, -0.1) is 0 Å². The molecular formula is C27H36BN2. The molecule has 30 heavy (non-hydrogen) atoms. The average Bonchev–Trinajstić information content (AvgIpc) is 2.98. The molecule has 0 unspecified atom stereocenters. The summed E-state index contributed by atoms with van der Waals surface area (Å²) in [6, 6.07) is 17.6. The Bertz CT molecular complexity index is 937. The van der Waals surface area contributed by atoms with E-state index in [0.29, 0.717) is 0 Å². The normalized spacial score (nSPS) is 14.6. The van der Waals surface area contributed by atoms with Crippen molar-refractivity contribution >= 4 is 13.6 Å². The predicted octanol–water partition coefficient (Wildman–Crippen LogP) is 5.46. The van der Waals surface area contributed by atoms with Gasteiger partial charge in [-0.1, -0.05) is 90.1 Å². The molecule has 3 heteroatoms. The number of benzene rings is 2. The summed E-state index contributed by atoms with van der Waals surface area (Å²) < 4.78 is 4.53. The third-order valence-corrected chi connectivity index (χ3v) is 6.08. The lowest BCUT2D eigenvalue weighted by atomic mass is 9.79. The van der Waals surface area contributed by atoms with Gasteiger partial charge in [0.15, 0.2) is 0 Å². The lowest BCUT2D eigenvalue weighted by Gasteiger charge is -2.35. The van der Waals surface area contributed by atoms with Gasteiger partial charge in [0, 0.05) is 10.8 Å². The molecule has 2 aromatic carbocycles. The topological polar surface area (TPSA) is 8.81 Å². The van der Waals surface area contributed by atoms with Gasteiger partial charge in [0.2, 0.25) is 0 Å². The number of rotatable bonds is 4.